The molecule has 1 aliphatic heterocycles. The van der Waals surface area contributed by atoms with E-state index in [4.69, 9.17) is 10.1 Å². The van der Waals surface area contributed by atoms with Gasteiger partial charge in [0.2, 0.25) is 5.91 Å². The first-order chi connectivity index (χ1) is 16.5. The van der Waals surface area contributed by atoms with Crippen molar-refractivity contribution in [1.29, 1.82) is 0 Å². The lowest BCUT2D eigenvalue weighted by Gasteiger charge is -2.32. The standard InChI is InChI=1S/C27H35FN4O2S/c1-6-26(2,3)32-24(19-7-9-20(28)10-8-19)21(16-29-32)25-30-22(17-35-25)18-11-13-31(14-12-18)23(33)15-27(4,5)34/h7-10,16-18,34H,6,11-15H2,1-5H3. The van der Waals surface area contributed by atoms with E-state index in [0.29, 0.717) is 19.0 Å². The number of nitrogens with zero attached hydrogens (tertiary/aromatic N) is 4. The number of thiazole rings is 1. The smallest absolute Gasteiger partial charge is 0.225 e. The van der Waals surface area contributed by atoms with E-state index in [1.165, 1.54) is 12.1 Å². The molecule has 3 aromatic rings. The van der Waals surface area contributed by atoms with Crippen LogP contribution in [0.4, 0.5) is 4.39 Å². The minimum absolute atomic E-state index is 0.00445. The van der Waals surface area contributed by atoms with Crippen LogP contribution < -0.4 is 0 Å². The molecule has 1 N–H and O–H groups in total. The molecule has 3 heterocycles. The summed E-state index contributed by atoms with van der Waals surface area (Å²) in [7, 11) is 0. The van der Waals surface area contributed by atoms with Crippen LogP contribution in [-0.2, 0) is 10.3 Å². The quantitative estimate of drug-likeness (QED) is 0.445. The van der Waals surface area contributed by atoms with Gasteiger partial charge < -0.3 is 10.0 Å². The summed E-state index contributed by atoms with van der Waals surface area (Å²) >= 11 is 1.60. The van der Waals surface area contributed by atoms with Crippen LogP contribution in [0.3, 0.4) is 0 Å². The predicted molar refractivity (Wildman–Crippen MR) is 138 cm³/mol. The van der Waals surface area contributed by atoms with Crippen molar-refractivity contribution in [1.82, 2.24) is 19.7 Å². The zero-order chi connectivity index (χ0) is 25.4. The third kappa shape index (κ3) is 5.64. The largest absolute Gasteiger partial charge is 0.390 e. The number of piperidine rings is 1. The molecule has 188 valence electrons. The van der Waals surface area contributed by atoms with E-state index in [1.807, 2.05) is 15.8 Å². The Bertz CT molecular complexity index is 1170. The molecule has 8 heteroatoms. The molecular weight excluding hydrogens is 463 g/mol. The van der Waals surface area contributed by atoms with Gasteiger partial charge in [0.25, 0.3) is 0 Å². The number of halogens is 1. The molecule has 0 unspecified atom stereocenters. The van der Waals surface area contributed by atoms with Gasteiger partial charge in [0.1, 0.15) is 10.8 Å². The van der Waals surface area contributed by atoms with Crippen molar-refractivity contribution in [3.63, 3.8) is 0 Å². The highest BCUT2D eigenvalue weighted by Crippen LogP contribution is 2.39. The second kappa shape index (κ2) is 9.82. The van der Waals surface area contributed by atoms with E-state index in [9.17, 15) is 14.3 Å². The van der Waals surface area contributed by atoms with Crippen molar-refractivity contribution in [2.24, 2.45) is 0 Å². The number of carbonyl (C=O) groups excluding carboxylic acids is 1. The molecule has 0 saturated carbocycles. The molecule has 1 fully saturated rings. The van der Waals surface area contributed by atoms with Crippen LogP contribution in [0.5, 0.6) is 0 Å². The highest BCUT2D eigenvalue weighted by atomic mass is 32.1. The first-order valence-electron chi connectivity index (χ1n) is 12.3. The Hall–Kier alpha value is -2.58. The van der Waals surface area contributed by atoms with Gasteiger partial charge in [-0.3, -0.25) is 9.48 Å². The van der Waals surface area contributed by atoms with Crippen LogP contribution in [-0.4, -0.2) is 49.4 Å². The molecule has 0 bridgehead atoms. The second-order valence-electron chi connectivity index (χ2n) is 10.7. The minimum Gasteiger partial charge on any atom is -0.390 e. The van der Waals surface area contributed by atoms with E-state index >= 15 is 0 Å². The molecule has 2 aromatic heterocycles. The summed E-state index contributed by atoms with van der Waals surface area (Å²) in [6.07, 6.45) is 4.62. The molecule has 6 nitrogen and oxygen atoms in total. The van der Waals surface area contributed by atoms with Crippen molar-refractivity contribution >= 4 is 17.2 Å². The van der Waals surface area contributed by atoms with Crippen LogP contribution in [0.1, 0.15) is 71.9 Å². The summed E-state index contributed by atoms with van der Waals surface area (Å²) in [6, 6.07) is 6.56. The summed E-state index contributed by atoms with van der Waals surface area (Å²) in [5, 5.41) is 17.7. The number of carbonyl (C=O) groups is 1. The maximum atomic E-state index is 13.7. The SMILES string of the molecule is CCC(C)(C)n1ncc(-c2nc(C3CCN(C(=O)CC(C)(C)O)CC3)cs2)c1-c1ccc(F)cc1. The van der Waals surface area contributed by atoms with Crippen molar-refractivity contribution in [3.05, 3.63) is 47.4 Å². The van der Waals surface area contributed by atoms with Crippen LogP contribution in [0.2, 0.25) is 0 Å². The lowest BCUT2D eigenvalue weighted by atomic mass is 9.93. The van der Waals surface area contributed by atoms with E-state index in [1.54, 1.807) is 37.3 Å². The van der Waals surface area contributed by atoms with Crippen LogP contribution in [0.25, 0.3) is 21.8 Å². The maximum Gasteiger partial charge on any atom is 0.225 e. The lowest BCUT2D eigenvalue weighted by molar-refractivity contribution is -0.136. The Labute approximate surface area is 210 Å². The summed E-state index contributed by atoms with van der Waals surface area (Å²) in [5.74, 6) is 0.0347. The molecule has 0 spiro atoms. The fraction of sp³-hybridized carbons (Fsp3) is 0.519. The molecule has 0 atom stereocenters. The van der Waals surface area contributed by atoms with E-state index in [0.717, 1.165) is 46.8 Å². The molecule has 1 amide bonds. The van der Waals surface area contributed by atoms with Crippen molar-refractivity contribution in [2.45, 2.75) is 77.4 Å². The normalized spacial score (nSPS) is 15.6. The number of amides is 1. The summed E-state index contributed by atoms with van der Waals surface area (Å²) < 4.78 is 15.7. The zero-order valence-electron chi connectivity index (χ0n) is 21.2. The first-order valence-corrected chi connectivity index (χ1v) is 13.2. The molecule has 1 aromatic carbocycles. The van der Waals surface area contributed by atoms with E-state index < -0.39 is 5.60 Å². The predicted octanol–water partition coefficient (Wildman–Crippen LogP) is 5.82. The highest BCUT2D eigenvalue weighted by molar-refractivity contribution is 7.13. The fourth-order valence-corrected chi connectivity index (χ4v) is 5.42. The Morgan fingerprint density at radius 2 is 1.83 bits per heavy atom. The van der Waals surface area contributed by atoms with Gasteiger partial charge in [-0.05, 0) is 71.2 Å². The van der Waals surface area contributed by atoms with Crippen LogP contribution in [0.15, 0.2) is 35.8 Å². The van der Waals surface area contributed by atoms with Gasteiger partial charge in [-0.25, -0.2) is 9.37 Å². The zero-order valence-corrected chi connectivity index (χ0v) is 22.0. The van der Waals surface area contributed by atoms with Crippen molar-refractivity contribution < 1.29 is 14.3 Å². The number of aliphatic hydroxyl groups is 1. The molecule has 1 saturated heterocycles. The van der Waals surface area contributed by atoms with Crippen LogP contribution >= 0.6 is 11.3 Å². The van der Waals surface area contributed by atoms with Gasteiger partial charge in [0.15, 0.2) is 0 Å². The maximum absolute atomic E-state index is 13.7. The van der Waals surface area contributed by atoms with E-state index in [-0.39, 0.29) is 23.7 Å². The highest BCUT2D eigenvalue weighted by Gasteiger charge is 2.30. The second-order valence-corrected chi connectivity index (χ2v) is 11.6. The number of benzene rings is 1. The number of hydrogen-bond acceptors (Lipinski definition) is 5. The van der Waals surface area contributed by atoms with Gasteiger partial charge in [0, 0.05) is 30.0 Å². The van der Waals surface area contributed by atoms with Gasteiger partial charge >= 0.3 is 0 Å². The van der Waals surface area contributed by atoms with Gasteiger partial charge in [-0.15, -0.1) is 11.3 Å². The molecule has 4 rings (SSSR count). The molecule has 0 radical (unpaired) electrons. The monoisotopic (exact) mass is 498 g/mol. The van der Waals surface area contributed by atoms with Crippen molar-refractivity contribution in [3.8, 4) is 21.8 Å². The Balaban J connectivity index is 1.57. The summed E-state index contributed by atoms with van der Waals surface area (Å²) in [4.78, 5) is 19.3. The topological polar surface area (TPSA) is 71.2 Å². The number of likely N-dealkylation sites (tertiary alicyclic amines) is 1. The number of rotatable bonds is 7. The summed E-state index contributed by atoms with van der Waals surface area (Å²) in [6.45, 7) is 11.1. The average molecular weight is 499 g/mol. The summed E-state index contributed by atoms with van der Waals surface area (Å²) in [5.41, 5.74) is 2.67. The Morgan fingerprint density at radius 1 is 1.17 bits per heavy atom. The van der Waals surface area contributed by atoms with Gasteiger partial charge in [0.05, 0.1) is 40.7 Å². The third-order valence-electron chi connectivity index (χ3n) is 6.93. The Kier molecular flexibility index (Phi) is 7.16. The Morgan fingerprint density at radius 3 is 2.43 bits per heavy atom. The molecule has 0 aliphatic carbocycles. The van der Waals surface area contributed by atoms with Gasteiger partial charge in [-0.1, -0.05) is 6.92 Å². The lowest BCUT2D eigenvalue weighted by Crippen LogP contribution is -2.41. The van der Waals surface area contributed by atoms with Crippen molar-refractivity contribution in [2.75, 3.05) is 13.1 Å². The molecular formula is C27H35FN4O2S. The van der Waals surface area contributed by atoms with E-state index in [2.05, 4.69) is 26.2 Å². The van der Waals surface area contributed by atoms with Crippen LogP contribution in [0, 0.1) is 5.82 Å². The minimum atomic E-state index is -0.989. The fourth-order valence-electron chi connectivity index (χ4n) is 4.50. The molecule has 1 aliphatic rings. The van der Waals surface area contributed by atoms with Gasteiger partial charge in [-0.2, -0.15) is 5.10 Å². The average Bonchev–Trinajstić information content (AvgIpc) is 3.46. The molecule has 35 heavy (non-hydrogen) atoms. The third-order valence-corrected chi connectivity index (χ3v) is 7.82. The number of hydrogen-bond donors (Lipinski definition) is 1. The first kappa shape index (κ1) is 25.5. The number of aromatic nitrogens is 3.